The van der Waals surface area contributed by atoms with Gasteiger partial charge in [0.2, 0.25) is 5.91 Å². The fourth-order valence-electron chi connectivity index (χ4n) is 3.10. The number of carbonyl (C=O) groups excluding carboxylic acids is 1. The first-order valence-electron chi connectivity index (χ1n) is 9.77. The van der Waals surface area contributed by atoms with Crippen LogP contribution in [0.15, 0.2) is 23.8 Å². The number of nitrogens with one attached hydrogen (secondary N) is 1. The second kappa shape index (κ2) is 10.6. The number of carbonyl (C=O) groups is 2. The van der Waals surface area contributed by atoms with Crippen molar-refractivity contribution in [3.63, 3.8) is 0 Å². The summed E-state index contributed by atoms with van der Waals surface area (Å²) in [5, 5.41) is 12.5. The van der Waals surface area contributed by atoms with Crippen molar-refractivity contribution in [1.29, 1.82) is 0 Å². The summed E-state index contributed by atoms with van der Waals surface area (Å²) in [7, 11) is 3.69. The minimum atomic E-state index is -0.955. The van der Waals surface area contributed by atoms with E-state index in [0.717, 1.165) is 0 Å². The van der Waals surface area contributed by atoms with Crippen molar-refractivity contribution >= 4 is 11.9 Å². The van der Waals surface area contributed by atoms with Crippen molar-refractivity contribution in [2.75, 3.05) is 14.1 Å². The van der Waals surface area contributed by atoms with Gasteiger partial charge < -0.3 is 15.3 Å². The second-order valence-electron chi connectivity index (χ2n) is 9.13. The molecule has 0 aromatic heterocycles. The van der Waals surface area contributed by atoms with E-state index < -0.39 is 5.97 Å². The molecule has 0 aliphatic carbocycles. The monoisotopic (exact) mass is 380 g/mol. The van der Waals surface area contributed by atoms with Crippen LogP contribution in [0.2, 0.25) is 0 Å². The molecule has 0 aromatic rings. The van der Waals surface area contributed by atoms with Crippen molar-refractivity contribution in [3.8, 4) is 0 Å². The van der Waals surface area contributed by atoms with E-state index in [-0.39, 0.29) is 46.7 Å². The lowest BCUT2D eigenvalue weighted by Gasteiger charge is -2.33. The Hall–Kier alpha value is -1.62. The third-order valence-electron chi connectivity index (χ3n) is 4.99. The molecule has 0 unspecified atom stereocenters. The van der Waals surface area contributed by atoms with Crippen molar-refractivity contribution in [1.82, 2.24) is 10.2 Å². The number of aliphatic carboxylic acids is 1. The lowest BCUT2D eigenvalue weighted by Crippen LogP contribution is -2.44. The Morgan fingerprint density at radius 3 is 1.89 bits per heavy atom. The Labute approximate surface area is 165 Å². The molecule has 0 saturated carbocycles. The van der Waals surface area contributed by atoms with E-state index in [1.54, 1.807) is 24.9 Å². The van der Waals surface area contributed by atoms with E-state index in [0.29, 0.717) is 0 Å². The average Bonchev–Trinajstić information content (AvgIpc) is 2.53. The largest absolute Gasteiger partial charge is 0.478 e. The molecule has 0 aromatic carbocycles. The number of hydrogen-bond acceptors (Lipinski definition) is 3. The normalized spacial score (nSPS) is 16.7. The van der Waals surface area contributed by atoms with Crippen LogP contribution in [0.1, 0.15) is 55.4 Å². The Morgan fingerprint density at radius 1 is 1.04 bits per heavy atom. The molecule has 0 rings (SSSR count). The van der Waals surface area contributed by atoms with Crippen LogP contribution in [0.25, 0.3) is 0 Å². The first kappa shape index (κ1) is 25.4. The highest BCUT2D eigenvalue weighted by Gasteiger charge is 2.29. The standard InChI is InChI=1S/C22H40N2O3/c1-14(2)17(11-12-19(23-9)22(6,7)8)20(25)24(10)18(15(3)4)13-16(5)21(26)27/h11-15,17-19,23H,1-10H3,(H,26,27)/t17-,18-,19-/m1/s1. The second-order valence-corrected chi connectivity index (χ2v) is 9.13. The van der Waals surface area contributed by atoms with Gasteiger partial charge in [0.1, 0.15) is 0 Å². The van der Waals surface area contributed by atoms with E-state index in [1.165, 1.54) is 0 Å². The summed E-state index contributed by atoms with van der Waals surface area (Å²) in [6, 6.07) is -0.0992. The zero-order chi connectivity index (χ0) is 21.5. The van der Waals surface area contributed by atoms with E-state index in [2.05, 4.69) is 32.2 Å². The van der Waals surface area contributed by atoms with Crippen LogP contribution in [-0.2, 0) is 9.59 Å². The molecule has 0 spiro atoms. The molecular weight excluding hydrogens is 340 g/mol. The zero-order valence-electron chi connectivity index (χ0n) is 18.8. The summed E-state index contributed by atoms with van der Waals surface area (Å²) in [6.07, 6.45) is 5.76. The number of rotatable bonds is 9. The average molecular weight is 381 g/mol. The third-order valence-corrected chi connectivity index (χ3v) is 4.99. The van der Waals surface area contributed by atoms with Crippen LogP contribution < -0.4 is 5.32 Å². The van der Waals surface area contributed by atoms with Crippen molar-refractivity contribution < 1.29 is 14.7 Å². The van der Waals surface area contributed by atoms with Gasteiger partial charge in [-0.15, -0.1) is 0 Å². The summed E-state index contributed by atoms with van der Waals surface area (Å²) in [4.78, 5) is 26.1. The third kappa shape index (κ3) is 7.87. The Morgan fingerprint density at radius 2 is 1.56 bits per heavy atom. The molecule has 0 radical (unpaired) electrons. The van der Waals surface area contributed by atoms with Gasteiger partial charge in [-0.25, -0.2) is 4.79 Å². The number of likely N-dealkylation sites (N-methyl/N-ethyl adjacent to an activating group) is 2. The highest BCUT2D eigenvalue weighted by atomic mass is 16.4. The molecule has 27 heavy (non-hydrogen) atoms. The molecule has 0 fully saturated rings. The van der Waals surface area contributed by atoms with Gasteiger partial charge >= 0.3 is 5.97 Å². The maximum absolute atomic E-state index is 13.2. The lowest BCUT2D eigenvalue weighted by atomic mass is 9.84. The minimum Gasteiger partial charge on any atom is -0.478 e. The van der Waals surface area contributed by atoms with Crippen LogP contribution in [0, 0.1) is 23.2 Å². The number of hydrogen-bond donors (Lipinski definition) is 2. The van der Waals surface area contributed by atoms with Gasteiger partial charge in [0.05, 0.1) is 12.0 Å². The SMILES string of the molecule is CN[C@H](C=C[C@@H](C(=O)N(C)[C@H](C=C(C)C(=O)O)C(C)C)C(C)C)C(C)(C)C. The first-order valence-corrected chi connectivity index (χ1v) is 9.77. The number of nitrogens with zero attached hydrogens (tertiary/aromatic N) is 1. The van der Waals surface area contributed by atoms with Crippen LogP contribution in [0.4, 0.5) is 0 Å². The highest BCUT2D eigenvalue weighted by Crippen LogP contribution is 2.24. The number of carboxylic acid groups (broad SMARTS) is 1. The van der Waals surface area contributed by atoms with Gasteiger partial charge in [-0.05, 0) is 31.2 Å². The summed E-state index contributed by atoms with van der Waals surface area (Å²) in [6.45, 7) is 16.1. The van der Waals surface area contributed by atoms with Crippen molar-refractivity contribution in [2.45, 2.75) is 67.5 Å². The molecule has 2 N–H and O–H groups in total. The number of amides is 1. The van der Waals surface area contributed by atoms with E-state index >= 15 is 0 Å². The summed E-state index contributed by atoms with van der Waals surface area (Å²) in [5.41, 5.74) is 0.303. The molecule has 0 bridgehead atoms. The van der Waals surface area contributed by atoms with Crippen LogP contribution in [0.3, 0.4) is 0 Å². The smallest absolute Gasteiger partial charge is 0.331 e. The predicted octanol–water partition coefficient (Wildman–Crippen LogP) is 3.96. The van der Waals surface area contributed by atoms with Crippen LogP contribution in [-0.4, -0.2) is 48.1 Å². The molecule has 0 aliphatic rings. The summed E-state index contributed by atoms with van der Waals surface area (Å²) < 4.78 is 0. The Kier molecular flexibility index (Phi) is 10.0. The Balaban J connectivity index is 5.68. The van der Waals surface area contributed by atoms with E-state index in [1.807, 2.05) is 40.8 Å². The fourth-order valence-corrected chi connectivity index (χ4v) is 3.10. The zero-order valence-corrected chi connectivity index (χ0v) is 18.8. The molecule has 5 nitrogen and oxygen atoms in total. The summed E-state index contributed by atoms with van der Waals surface area (Å²) >= 11 is 0. The van der Waals surface area contributed by atoms with E-state index in [9.17, 15) is 14.7 Å². The van der Waals surface area contributed by atoms with Crippen LogP contribution in [0.5, 0.6) is 0 Å². The van der Waals surface area contributed by atoms with Gasteiger partial charge in [0.25, 0.3) is 0 Å². The molecule has 0 aliphatic heterocycles. The first-order chi connectivity index (χ1) is 12.2. The van der Waals surface area contributed by atoms with Gasteiger partial charge in [-0.3, -0.25) is 4.79 Å². The predicted molar refractivity (Wildman–Crippen MR) is 113 cm³/mol. The van der Waals surface area contributed by atoms with Gasteiger partial charge in [0.15, 0.2) is 0 Å². The molecule has 0 heterocycles. The maximum atomic E-state index is 13.2. The minimum absolute atomic E-state index is 0.0122. The molecule has 156 valence electrons. The van der Waals surface area contributed by atoms with Crippen LogP contribution >= 0.6 is 0 Å². The van der Waals surface area contributed by atoms with Crippen molar-refractivity contribution in [3.05, 3.63) is 23.8 Å². The maximum Gasteiger partial charge on any atom is 0.331 e. The van der Waals surface area contributed by atoms with E-state index in [4.69, 9.17) is 0 Å². The van der Waals surface area contributed by atoms with Gasteiger partial charge in [0, 0.05) is 18.7 Å². The van der Waals surface area contributed by atoms with Crippen molar-refractivity contribution in [2.24, 2.45) is 23.2 Å². The Bertz CT molecular complexity index is 556. The molecule has 3 atom stereocenters. The molecule has 0 saturated heterocycles. The summed E-state index contributed by atoms with van der Waals surface area (Å²) in [5.74, 6) is -0.939. The number of carboxylic acids is 1. The lowest BCUT2D eigenvalue weighted by molar-refractivity contribution is -0.136. The quantitative estimate of drug-likeness (QED) is 0.469. The molecule has 5 heteroatoms. The molecular formula is C22H40N2O3. The van der Waals surface area contributed by atoms with Gasteiger partial charge in [-0.1, -0.05) is 66.7 Å². The van der Waals surface area contributed by atoms with Gasteiger partial charge in [-0.2, -0.15) is 0 Å². The topological polar surface area (TPSA) is 69.6 Å². The highest BCUT2D eigenvalue weighted by molar-refractivity contribution is 5.86. The molecule has 1 amide bonds. The fraction of sp³-hybridized carbons (Fsp3) is 0.727.